The van der Waals surface area contributed by atoms with Gasteiger partial charge in [-0.3, -0.25) is 14.9 Å². The smallest absolute Gasteiger partial charge is 0.277 e. The fourth-order valence-electron chi connectivity index (χ4n) is 3.20. The summed E-state index contributed by atoms with van der Waals surface area (Å²) in [6.45, 7) is 4.31. The Morgan fingerprint density at radius 1 is 1.17 bits per heavy atom. The SMILES string of the molecule is Cc1occc1-c1nnc(SCC(=O)N2CCN(c3ccc([N+](=O)[O-])cc3)CC2)o1. The number of nitro benzene ring substituents is 1. The molecule has 1 saturated heterocycles. The second-order valence-electron chi connectivity index (χ2n) is 6.69. The maximum Gasteiger partial charge on any atom is 0.277 e. The Balaban J connectivity index is 1.27. The standard InChI is InChI=1S/C19H19N5O5S/c1-13-16(6-11-28-13)18-20-21-19(29-18)30-12-17(25)23-9-7-22(8-10-23)14-2-4-15(5-3-14)24(26)27/h2-6,11H,7-10,12H2,1H3. The molecule has 0 unspecified atom stereocenters. The van der Waals surface area contributed by atoms with E-state index in [1.807, 2.05) is 6.92 Å². The highest BCUT2D eigenvalue weighted by atomic mass is 32.2. The van der Waals surface area contributed by atoms with Gasteiger partial charge in [0.25, 0.3) is 16.8 Å². The molecule has 4 rings (SSSR count). The number of thioether (sulfide) groups is 1. The summed E-state index contributed by atoms with van der Waals surface area (Å²) >= 11 is 1.21. The Hall–Kier alpha value is -3.34. The first kappa shape index (κ1) is 20.0. The van der Waals surface area contributed by atoms with Gasteiger partial charge in [0.1, 0.15) is 5.76 Å². The Bertz CT molecular complexity index is 1040. The molecule has 10 nitrogen and oxygen atoms in total. The molecular formula is C19H19N5O5S. The van der Waals surface area contributed by atoms with Crippen LogP contribution in [-0.2, 0) is 4.79 Å². The van der Waals surface area contributed by atoms with E-state index in [1.165, 1.54) is 23.9 Å². The Labute approximate surface area is 176 Å². The van der Waals surface area contributed by atoms with Crippen molar-refractivity contribution in [2.45, 2.75) is 12.1 Å². The quantitative estimate of drug-likeness (QED) is 0.331. The Morgan fingerprint density at radius 3 is 2.53 bits per heavy atom. The van der Waals surface area contributed by atoms with E-state index in [-0.39, 0.29) is 17.3 Å². The van der Waals surface area contributed by atoms with E-state index in [0.717, 1.165) is 11.3 Å². The summed E-state index contributed by atoms with van der Waals surface area (Å²) in [7, 11) is 0. The lowest BCUT2D eigenvalue weighted by molar-refractivity contribution is -0.384. The van der Waals surface area contributed by atoms with Crippen LogP contribution in [-0.4, -0.2) is 57.9 Å². The van der Waals surface area contributed by atoms with Gasteiger partial charge in [-0.15, -0.1) is 10.2 Å². The molecule has 3 aromatic rings. The van der Waals surface area contributed by atoms with Crippen molar-refractivity contribution in [3.63, 3.8) is 0 Å². The Kier molecular flexibility index (Phi) is 5.70. The van der Waals surface area contributed by atoms with Crippen molar-refractivity contribution in [1.82, 2.24) is 15.1 Å². The molecule has 1 fully saturated rings. The van der Waals surface area contributed by atoms with Crippen LogP contribution >= 0.6 is 11.8 Å². The minimum absolute atomic E-state index is 0.00240. The zero-order valence-corrected chi connectivity index (χ0v) is 17.0. The van der Waals surface area contributed by atoms with Gasteiger partial charge in [-0.2, -0.15) is 0 Å². The van der Waals surface area contributed by atoms with Crippen molar-refractivity contribution >= 4 is 29.0 Å². The molecule has 0 radical (unpaired) electrons. The van der Waals surface area contributed by atoms with Gasteiger partial charge in [-0.25, -0.2) is 0 Å². The number of aryl methyl sites for hydroxylation is 1. The number of carbonyl (C=O) groups excluding carboxylic acids is 1. The number of rotatable bonds is 6. The van der Waals surface area contributed by atoms with Gasteiger partial charge in [-0.05, 0) is 25.1 Å². The number of hydrogen-bond acceptors (Lipinski definition) is 9. The van der Waals surface area contributed by atoms with E-state index < -0.39 is 4.92 Å². The van der Waals surface area contributed by atoms with Crippen molar-refractivity contribution in [3.8, 4) is 11.5 Å². The predicted octanol–water partition coefficient (Wildman–Crippen LogP) is 2.99. The molecule has 156 valence electrons. The molecule has 0 saturated carbocycles. The highest BCUT2D eigenvalue weighted by Gasteiger charge is 2.23. The molecule has 3 heterocycles. The predicted molar refractivity (Wildman–Crippen MR) is 109 cm³/mol. The van der Waals surface area contributed by atoms with Gasteiger partial charge in [0.2, 0.25) is 5.91 Å². The molecular weight excluding hydrogens is 410 g/mol. The number of benzene rings is 1. The number of nitro groups is 1. The second-order valence-corrected chi connectivity index (χ2v) is 7.62. The normalized spacial score (nSPS) is 14.2. The molecule has 30 heavy (non-hydrogen) atoms. The molecule has 0 spiro atoms. The third-order valence-corrected chi connectivity index (χ3v) is 5.68. The van der Waals surface area contributed by atoms with Crippen molar-refractivity contribution in [2.24, 2.45) is 0 Å². The van der Waals surface area contributed by atoms with Crippen LogP contribution in [0.5, 0.6) is 0 Å². The van der Waals surface area contributed by atoms with Crippen LogP contribution in [0.1, 0.15) is 5.76 Å². The number of aromatic nitrogens is 2. The van der Waals surface area contributed by atoms with Gasteiger partial charge < -0.3 is 18.6 Å². The number of piperazine rings is 1. The molecule has 1 amide bonds. The fraction of sp³-hybridized carbons (Fsp3) is 0.316. The minimum atomic E-state index is -0.416. The third kappa shape index (κ3) is 4.30. The molecule has 1 aliphatic rings. The maximum atomic E-state index is 12.5. The zero-order valence-electron chi connectivity index (χ0n) is 16.2. The number of hydrogen-bond donors (Lipinski definition) is 0. The van der Waals surface area contributed by atoms with Crippen molar-refractivity contribution in [1.29, 1.82) is 0 Å². The van der Waals surface area contributed by atoms with Gasteiger partial charge in [0, 0.05) is 44.0 Å². The van der Waals surface area contributed by atoms with Crippen LogP contribution in [0.2, 0.25) is 0 Å². The van der Waals surface area contributed by atoms with Crippen LogP contribution in [0, 0.1) is 17.0 Å². The average molecular weight is 429 g/mol. The number of non-ortho nitro benzene ring substituents is 1. The number of amides is 1. The molecule has 0 bridgehead atoms. The zero-order chi connectivity index (χ0) is 21.1. The van der Waals surface area contributed by atoms with Crippen molar-refractivity contribution in [3.05, 3.63) is 52.5 Å². The lowest BCUT2D eigenvalue weighted by Crippen LogP contribution is -2.49. The molecule has 1 aliphatic heterocycles. The fourth-order valence-corrected chi connectivity index (χ4v) is 3.86. The topological polar surface area (TPSA) is 119 Å². The molecule has 0 atom stereocenters. The lowest BCUT2D eigenvalue weighted by atomic mass is 10.2. The molecule has 0 N–H and O–H groups in total. The number of furan rings is 1. The molecule has 11 heteroatoms. The van der Waals surface area contributed by atoms with Gasteiger partial charge in [0.05, 0.1) is 22.5 Å². The average Bonchev–Trinajstić information content (AvgIpc) is 3.40. The van der Waals surface area contributed by atoms with Gasteiger partial charge in [0.15, 0.2) is 0 Å². The van der Waals surface area contributed by atoms with Crippen LogP contribution < -0.4 is 4.90 Å². The first-order chi connectivity index (χ1) is 14.5. The molecule has 2 aromatic heterocycles. The lowest BCUT2D eigenvalue weighted by Gasteiger charge is -2.36. The first-order valence-electron chi connectivity index (χ1n) is 9.29. The summed E-state index contributed by atoms with van der Waals surface area (Å²) in [5.41, 5.74) is 1.72. The Morgan fingerprint density at radius 2 is 1.90 bits per heavy atom. The van der Waals surface area contributed by atoms with Crippen LogP contribution in [0.3, 0.4) is 0 Å². The van der Waals surface area contributed by atoms with E-state index in [9.17, 15) is 14.9 Å². The van der Waals surface area contributed by atoms with E-state index in [2.05, 4.69) is 15.1 Å². The third-order valence-electron chi connectivity index (χ3n) is 4.87. The van der Waals surface area contributed by atoms with Crippen molar-refractivity contribution < 1.29 is 18.6 Å². The largest absolute Gasteiger partial charge is 0.469 e. The minimum Gasteiger partial charge on any atom is -0.469 e. The van der Waals surface area contributed by atoms with Crippen LogP contribution in [0.15, 0.2) is 50.7 Å². The van der Waals surface area contributed by atoms with E-state index in [0.29, 0.717) is 43.1 Å². The highest BCUT2D eigenvalue weighted by molar-refractivity contribution is 7.99. The van der Waals surface area contributed by atoms with E-state index in [4.69, 9.17) is 8.83 Å². The number of nitrogens with zero attached hydrogens (tertiary/aromatic N) is 5. The summed E-state index contributed by atoms with van der Waals surface area (Å²) in [6, 6.07) is 8.22. The summed E-state index contributed by atoms with van der Waals surface area (Å²) in [5.74, 6) is 1.27. The van der Waals surface area contributed by atoms with Gasteiger partial charge >= 0.3 is 0 Å². The first-order valence-corrected chi connectivity index (χ1v) is 10.3. The summed E-state index contributed by atoms with van der Waals surface area (Å²) in [5, 5.41) is 19.1. The number of anilines is 1. The van der Waals surface area contributed by atoms with Crippen LogP contribution in [0.25, 0.3) is 11.5 Å². The monoisotopic (exact) mass is 429 g/mol. The molecule has 1 aromatic carbocycles. The maximum absolute atomic E-state index is 12.5. The summed E-state index contributed by atoms with van der Waals surface area (Å²) in [6.07, 6.45) is 1.56. The van der Waals surface area contributed by atoms with Crippen LogP contribution in [0.4, 0.5) is 11.4 Å². The van der Waals surface area contributed by atoms with Gasteiger partial charge in [-0.1, -0.05) is 11.8 Å². The van der Waals surface area contributed by atoms with E-state index >= 15 is 0 Å². The number of carbonyl (C=O) groups is 1. The summed E-state index contributed by atoms with van der Waals surface area (Å²) in [4.78, 5) is 26.8. The highest BCUT2D eigenvalue weighted by Crippen LogP contribution is 2.26. The second kappa shape index (κ2) is 8.57. The summed E-state index contributed by atoms with van der Waals surface area (Å²) < 4.78 is 10.8. The van der Waals surface area contributed by atoms with E-state index in [1.54, 1.807) is 29.4 Å². The van der Waals surface area contributed by atoms with Crippen molar-refractivity contribution in [2.75, 3.05) is 36.8 Å². The molecule has 0 aliphatic carbocycles.